The van der Waals surface area contributed by atoms with Crippen molar-refractivity contribution in [2.75, 3.05) is 46.9 Å². The van der Waals surface area contributed by atoms with Crippen molar-refractivity contribution in [2.24, 2.45) is 0 Å². The summed E-state index contributed by atoms with van der Waals surface area (Å²) in [5.41, 5.74) is 1.75. The summed E-state index contributed by atoms with van der Waals surface area (Å²) in [5, 5.41) is 0. The predicted octanol–water partition coefficient (Wildman–Crippen LogP) is 3.01. The van der Waals surface area contributed by atoms with E-state index in [0.717, 1.165) is 37.2 Å². The minimum absolute atomic E-state index is 0.128. The molecule has 3 rings (SSSR count). The van der Waals surface area contributed by atoms with Crippen molar-refractivity contribution in [3.63, 3.8) is 0 Å². The van der Waals surface area contributed by atoms with Gasteiger partial charge in [0, 0.05) is 26.2 Å². The van der Waals surface area contributed by atoms with Crippen molar-refractivity contribution in [1.29, 1.82) is 0 Å². The lowest BCUT2D eigenvalue weighted by atomic mass is 10.00. The van der Waals surface area contributed by atoms with Gasteiger partial charge in [-0.1, -0.05) is 12.1 Å². The molecule has 0 atom stereocenters. The van der Waals surface area contributed by atoms with Crippen LogP contribution in [0.15, 0.2) is 30.0 Å². The summed E-state index contributed by atoms with van der Waals surface area (Å²) < 4.78 is 11.2. The molecule has 1 aromatic carbocycles. The number of hydrogen-bond acceptors (Lipinski definition) is 6. The molecular weight excluding hydrogens is 406 g/mol. The number of imide groups is 1. The van der Waals surface area contributed by atoms with E-state index >= 15 is 0 Å². The lowest BCUT2D eigenvalue weighted by Gasteiger charge is -2.36. The summed E-state index contributed by atoms with van der Waals surface area (Å²) in [6.07, 6.45) is 2.69. The number of amides is 2. The molecule has 0 aliphatic carbocycles. The Labute approximate surface area is 191 Å². The summed E-state index contributed by atoms with van der Waals surface area (Å²) in [4.78, 5) is 32.7. The van der Waals surface area contributed by atoms with Crippen molar-refractivity contribution in [3.8, 4) is 5.75 Å². The fourth-order valence-corrected chi connectivity index (χ4v) is 4.34. The van der Waals surface area contributed by atoms with Crippen molar-refractivity contribution in [1.82, 2.24) is 14.7 Å². The molecule has 0 unspecified atom stereocenters. The smallest absolute Gasteiger partial charge is 0.277 e. The number of piperidine rings is 1. The first-order chi connectivity index (χ1) is 15.3. The number of carbonyl (C=O) groups is 2. The minimum atomic E-state index is -0.224. The molecule has 1 saturated heterocycles. The van der Waals surface area contributed by atoms with Crippen molar-refractivity contribution >= 4 is 17.4 Å². The van der Waals surface area contributed by atoms with Gasteiger partial charge in [-0.25, -0.2) is 0 Å². The Morgan fingerprint density at radius 3 is 2.34 bits per heavy atom. The Morgan fingerprint density at radius 1 is 1.09 bits per heavy atom. The molecule has 0 N–H and O–H groups in total. The Hall–Kier alpha value is -2.38. The van der Waals surface area contributed by atoms with E-state index in [1.54, 1.807) is 0 Å². The SMILES string of the molecule is CCOc1ccc(C2=C(N(C)C3CCN(C)CC3)C(=O)N(CCCOC(C)C)C2=O)cc1. The summed E-state index contributed by atoms with van der Waals surface area (Å²) in [6.45, 7) is 9.32. The highest BCUT2D eigenvalue weighted by Crippen LogP contribution is 2.34. The van der Waals surface area contributed by atoms with Gasteiger partial charge in [0.05, 0.1) is 18.3 Å². The van der Waals surface area contributed by atoms with E-state index in [1.165, 1.54) is 4.90 Å². The van der Waals surface area contributed by atoms with Crippen molar-refractivity contribution in [2.45, 2.75) is 52.2 Å². The lowest BCUT2D eigenvalue weighted by Crippen LogP contribution is -2.43. The number of nitrogens with zero attached hydrogens (tertiary/aromatic N) is 3. The fraction of sp³-hybridized carbons (Fsp3) is 0.600. The topological polar surface area (TPSA) is 62.3 Å². The van der Waals surface area contributed by atoms with Gasteiger partial charge >= 0.3 is 0 Å². The summed E-state index contributed by atoms with van der Waals surface area (Å²) in [5.74, 6) is 0.324. The van der Waals surface area contributed by atoms with Crippen LogP contribution in [0.5, 0.6) is 5.75 Å². The molecule has 2 amide bonds. The van der Waals surface area contributed by atoms with E-state index in [1.807, 2.05) is 57.0 Å². The lowest BCUT2D eigenvalue weighted by molar-refractivity contribution is -0.137. The van der Waals surface area contributed by atoms with Crippen LogP contribution in [0.2, 0.25) is 0 Å². The number of rotatable bonds is 10. The number of likely N-dealkylation sites (tertiary alicyclic amines) is 1. The first-order valence-corrected chi connectivity index (χ1v) is 11.7. The average molecular weight is 444 g/mol. The Kier molecular flexibility index (Phi) is 8.32. The molecule has 2 aliphatic heterocycles. The van der Waals surface area contributed by atoms with Crippen molar-refractivity contribution in [3.05, 3.63) is 35.5 Å². The minimum Gasteiger partial charge on any atom is -0.494 e. The van der Waals surface area contributed by atoms with E-state index < -0.39 is 0 Å². The predicted molar refractivity (Wildman–Crippen MR) is 125 cm³/mol. The second-order valence-corrected chi connectivity index (χ2v) is 8.86. The molecule has 176 valence electrons. The van der Waals surface area contributed by atoms with Gasteiger partial charge in [0.15, 0.2) is 0 Å². The average Bonchev–Trinajstić information content (AvgIpc) is 3.02. The first-order valence-electron chi connectivity index (χ1n) is 11.7. The van der Waals surface area contributed by atoms with Gasteiger partial charge in [-0.3, -0.25) is 14.5 Å². The van der Waals surface area contributed by atoms with E-state index in [2.05, 4.69) is 11.9 Å². The van der Waals surface area contributed by atoms with Crippen LogP contribution in [-0.2, 0) is 14.3 Å². The third kappa shape index (κ3) is 5.51. The van der Waals surface area contributed by atoms with Gasteiger partial charge in [-0.05, 0) is 77.9 Å². The van der Waals surface area contributed by atoms with E-state index in [9.17, 15) is 9.59 Å². The maximum Gasteiger partial charge on any atom is 0.277 e. The van der Waals surface area contributed by atoms with Gasteiger partial charge < -0.3 is 19.3 Å². The van der Waals surface area contributed by atoms with Gasteiger partial charge in [0.2, 0.25) is 0 Å². The summed E-state index contributed by atoms with van der Waals surface area (Å²) in [7, 11) is 4.07. The molecule has 7 heteroatoms. The zero-order valence-electron chi connectivity index (χ0n) is 20.1. The number of likely N-dealkylation sites (N-methyl/N-ethyl adjacent to an activating group) is 1. The van der Waals surface area contributed by atoms with Crippen LogP contribution >= 0.6 is 0 Å². The maximum atomic E-state index is 13.5. The Bertz CT molecular complexity index is 826. The van der Waals surface area contributed by atoms with Crippen LogP contribution in [0.3, 0.4) is 0 Å². The van der Waals surface area contributed by atoms with Crippen LogP contribution in [0, 0.1) is 0 Å². The molecule has 0 saturated carbocycles. The third-order valence-electron chi connectivity index (χ3n) is 6.16. The molecule has 2 heterocycles. The molecule has 2 aliphatic rings. The fourth-order valence-electron chi connectivity index (χ4n) is 4.34. The Morgan fingerprint density at radius 2 is 1.75 bits per heavy atom. The van der Waals surface area contributed by atoms with Crippen LogP contribution in [-0.4, -0.2) is 85.6 Å². The normalized spacial score (nSPS) is 18.2. The maximum absolute atomic E-state index is 13.5. The van der Waals surface area contributed by atoms with E-state index in [-0.39, 0.29) is 24.0 Å². The highest BCUT2D eigenvalue weighted by atomic mass is 16.5. The summed E-state index contributed by atoms with van der Waals surface area (Å²) >= 11 is 0. The molecule has 7 nitrogen and oxygen atoms in total. The monoisotopic (exact) mass is 443 g/mol. The highest BCUT2D eigenvalue weighted by Gasteiger charge is 2.42. The molecule has 0 spiro atoms. The molecule has 0 radical (unpaired) electrons. The van der Waals surface area contributed by atoms with E-state index in [0.29, 0.717) is 37.4 Å². The van der Waals surface area contributed by atoms with Gasteiger partial charge in [0.1, 0.15) is 11.4 Å². The zero-order valence-corrected chi connectivity index (χ0v) is 20.1. The van der Waals surface area contributed by atoms with E-state index in [4.69, 9.17) is 9.47 Å². The number of benzene rings is 1. The molecule has 1 aromatic rings. The molecule has 0 aromatic heterocycles. The standard InChI is InChI=1S/C25H37N3O4/c1-6-31-21-10-8-19(9-11-21)22-23(27(5)20-12-15-26(4)16-13-20)25(30)28(24(22)29)14-7-17-32-18(2)3/h8-11,18,20H,6-7,12-17H2,1-5H3. The molecule has 0 bridgehead atoms. The number of hydrogen-bond donors (Lipinski definition) is 0. The number of ether oxygens (including phenoxy) is 2. The molecule has 32 heavy (non-hydrogen) atoms. The largest absolute Gasteiger partial charge is 0.494 e. The van der Waals surface area contributed by atoms with Gasteiger partial charge in [0.25, 0.3) is 11.8 Å². The van der Waals surface area contributed by atoms with Gasteiger partial charge in [-0.2, -0.15) is 0 Å². The van der Waals surface area contributed by atoms with Crippen molar-refractivity contribution < 1.29 is 19.1 Å². The quantitative estimate of drug-likeness (QED) is 0.409. The van der Waals surface area contributed by atoms with Crippen LogP contribution in [0.25, 0.3) is 5.57 Å². The zero-order chi connectivity index (χ0) is 23.3. The summed E-state index contributed by atoms with van der Waals surface area (Å²) in [6, 6.07) is 7.70. The molecular formula is C25H37N3O4. The molecule has 1 fully saturated rings. The Balaban J connectivity index is 1.88. The third-order valence-corrected chi connectivity index (χ3v) is 6.16. The highest BCUT2D eigenvalue weighted by molar-refractivity contribution is 6.35. The van der Waals surface area contributed by atoms with Crippen LogP contribution in [0.1, 0.15) is 45.6 Å². The number of carbonyl (C=O) groups excluding carboxylic acids is 2. The first kappa shape index (κ1) is 24.3. The second-order valence-electron chi connectivity index (χ2n) is 8.86. The second kappa shape index (κ2) is 11.0. The van der Waals surface area contributed by atoms with Crippen LogP contribution in [0.4, 0.5) is 0 Å². The van der Waals surface area contributed by atoms with Gasteiger partial charge in [-0.15, -0.1) is 0 Å². The van der Waals surface area contributed by atoms with Crippen LogP contribution < -0.4 is 4.74 Å².